The van der Waals surface area contributed by atoms with Crippen molar-refractivity contribution in [2.24, 2.45) is 0 Å². The Morgan fingerprint density at radius 1 is 1.40 bits per heavy atom. The molecule has 1 unspecified atom stereocenters. The average molecular weight is 220 g/mol. The minimum Gasteiger partial charge on any atom is -0.483 e. The maximum absolute atomic E-state index is 5.83. The molecule has 2 rings (SSSR count). The lowest BCUT2D eigenvalue weighted by atomic mass is 10.2. The predicted octanol–water partition coefficient (Wildman–Crippen LogP) is 3.92. The lowest BCUT2D eigenvalue weighted by molar-refractivity contribution is 0.162. The van der Waals surface area contributed by atoms with Gasteiger partial charge in [-0.3, -0.25) is 0 Å². The molecule has 0 amide bonds. The molecule has 1 saturated heterocycles. The van der Waals surface area contributed by atoms with Crippen LogP contribution in [0, 0.1) is 0 Å². The topological polar surface area (TPSA) is 9.23 Å². The highest BCUT2D eigenvalue weighted by molar-refractivity contribution is 8.03. The van der Waals surface area contributed by atoms with Gasteiger partial charge in [-0.15, -0.1) is 0 Å². The predicted molar refractivity (Wildman–Crippen MR) is 66.7 cm³/mol. The summed E-state index contributed by atoms with van der Waals surface area (Å²) in [6, 6.07) is 10.3. The fraction of sp³-hybridized carbons (Fsp3) is 0.385. The quantitative estimate of drug-likeness (QED) is 0.763. The van der Waals surface area contributed by atoms with Crippen LogP contribution in [0.15, 0.2) is 35.4 Å². The van der Waals surface area contributed by atoms with Crippen LogP contribution in [-0.4, -0.2) is 11.9 Å². The Bertz CT molecular complexity index is 332. The van der Waals surface area contributed by atoms with Gasteiger partial charge in [-0.25, -0.2) is 0 Å². The summed E-state index contributed by atoms with van der Waals surface area (Å²) in [7, 11) is 0. The lowest BCUT2D eigenvalue weighted by Crippen LogP contribution is -2.06. The minimum absolute atomic E-state index is 0.426. The zero-order chi connectivity index (χ0) is 10.5. The maximum Gasteiger partial charge on any atom is 0.154 e. The van der Waals surface area contributed by atoms with Gasteiger partial charge >= 0.3 is 0 Å². The van der Waals surface area contributed by atoms with Gasteiger partial charge in [0.2, 0.25) is 0 Å². The van der Waals surface area contributed by atoms with Crippen LogP contribution >= 0.6 is 11.8 Å². The van der Waals surface area contributed by atoms with E-state index in [2.05, 4.69) is 37.3 Å². The Morgan fingerprint density at radius 2 is 2.20 bits per heavy atom. The monoisotopic (exact) mass is 220 g/mol. The number of rotatable bonds is 3. The fourth-order valence-electron chi connectivity index (χ4n) is 1.63. The van der Waals surface area contributed by atoms with Gasteiger partial charge < -0.3 is 4.74 Å². The Labute approximate surface area is 95.5 Å². The first-order valence-corrected chi connectivity index (χ1v) is 6.43. The molecule has 1 nitrogen and oxygen atoms in total. The lowest BCUT2D eigenvalue weighted by Gasteiger charge is -2.06. The van der Waals surface area contributed by atoms with E-state index in [-0.39, 0.29) is 0 Å². The second-order valence-electron chi connectivity index (χ2n) is 3.71. The Hall–Kier alpha value is -0.890. The summed E-state index contributed by atoms with van der Waals surface area (Å²) in [6.07, 6.45) is 4.92. The van der Waals surface area contributed by atoms with E-state index in [1.54, 1.807) is 0 Å². The highest BCUT2D eigenvalue weighted by atomic mass is 32.2. The van der Waals surface area contributed by atoms with Crippen LogP contribution in [0.25, 0.3) is 6.08 Å². The first-order chi connectivity index (χ1) is 7.38. The molecule has 0 bridgehead atoms. The van der Waals surface area contributed by atoms with Crippen molar-refractivity contribution in [3.63, 3.8) is 0 Å². The molecule has 15 heavy (non-hydrogen) atoms. The third-order valence-electron chi connectivity index (χ3n) is 2.39. The smallest absolute Gasteiger partial charge is 0.154 e. The molecule has 1 aliphatic rings. The first kappa shape index (κ1) is 10.6. The fourth-order valence-corrected chi connectivity index (χ4v) is 2.64. The zero-order valence-corrected chi connectivity index (χ0v) is 9.80. The summed E-state index contributed by atoms with van der Waals surface area (Å²) in [5.74, 6) is 1.10. The molecule has 0 spiro atoms. The number of thioether (sulfide) groups is 1. The minimum atomic E-state index is 0.426. The summed E-state index contributed by atoms with van der Waals surface area (Å²) in [4.78, 5) is 0. The van der Waals surface area contributed by atoms with Gasteiger partial charge in [-0.1, -0.05) is 55.4 Å². The molecule has 0 N–H and O–H groups in total. The first-order valence-electron chi connectivity index (χ1n) is 5.44. The molecular weight excluding hydrogens is 204 g/mol. The normalized spacial score (nSPS) is 23.0. The van der Waals surface area contributed by atoms with Crippen molar-refractivity contribution in [1.82, 2.24) is 0 Å². The van der Waals surface area contributed by atoms with Crippen molar-refractivity contribution >= 4 is 17.8 Å². The molecule has 1 atom stereocenters. The van der Waals surface area contributed by atoms with Crippen LogP contribution < -0.4 is 0 Å². The van der Waals surface area contributed by atoms with Gasteiger partial charge in [0.05, 0.1) is 0 Å². The zero-order valence-electron chi connectivity index (χ0n) is 8.98. The second-order valence-corrected chi connectivity index (χ2v) is 4.74. The molecule has 1 aromatic carbocycles. The standard InChI is InChI=1S/C13H16OS/c1-2-6-12-10-15-13(14-12)9-11-7-4-3-5-8-11/h3-5,7-9,12H,2,6,10H2,1H3/b13-9+. The summed E-state index contributed by atoms with van der Waals surface area (Å²) in [5, 5.41) is 1.07. The van der Waals surface area contributed by atoms with E-state index >= 15 is 0 Å². The van der Waals surface area contributed by atoms with E-state index in [4.69, 9.17) is 4.74 Å². The van der Waals surface area contributed by atoms with E-state index < -0.39 is 0 Å². The Morgan fingerprint density at radius 3 is 2.93 bits per heavy atom. The molecule has 1 aromatic rings. The van der Waals surface area contributed by atoms with Crippen molar-refractivity contribution in [3.05, 3.63) is 41.0 Å². The molecular formula is C13H16OS. The number of benzene rings is 1. The van der Waals surface area contributed by atoms with Gasteiger partial charge in [-0.2, -0.15) is 0 Å². The summed E-state index contributed by atoms with van der Waals surface area (Å²) < 4.78 is 5.83. The van der Waals surface area contributed by atoms with Gasteiger partial charge in [0.1, 0.15) is 6.10 Å². The van der Waals surface area contributed by atoms with E-state index in [1.165, 1.54) is 18.4 Å². The molecule has 0 aliphatic carbocycles. The third-order valence-corrected chi connectivity index (χ3v) is 3.43. The molecule has 0 aromatic heterocycles. The van der Waals surface area contributed by atoms with Crippen molar-refractivity contribution in [2.45, 2.75) is 25.9 Å². The number of ether oxygens (including phenoxy) is 1. The van der Waals surface area contributed by atoms with Crippen molar-refractivity contribution in [1.29, 1.82) is 0 Å². The molecule has 0 radical (unpaired) electrons. The third kappa shape index (κ3) is 3.03. The summed E-state index contributed by atoms with van der Waals surface area (Å²) in [6.45, 7) is 2.20. The second kappa shape index (κ2) is 5.26. The van der Waals surface area contributed by atoms with Crippen molar-refractivity contribution < 1.29 is 4.74 Å². The highest BCUT2D eigenvalue weighted by Crippen LogP contribution is 2.32. The SMILES string of the molecule is CCCC1CS/C(=C/c2ccccc2)O1. The molecule has 1 heterocycles. The number of hydrogen-bond acceptors (Lipinski definition) is 2. The molecule has 1 fully saturated rings. The highest BCUT2D eigenvalue weighted by Gasteiger charge is 2.19. The van der Waals surface area contributed by atoms with Gasteiger partial charge in [0.25, 0.3) is 0 Å². The van der Waals surface area contributed by atoms with Crippen LogP contribution in [0.4, 0.5) is 0 Å². The van der Waals surface area contributed by atoms with Crippen molar-refractivity contribution in [2.75, 3.05) is 5.75 Å². The van der Waals surface area contributed by atoms with Crippen LogP contribution in [0.5, 0.6) is 0 Å². The summed E-state index contributed by atoms with van der Waals surface area (Å²) in [5.41, 5.74) is 1.22. The molecule has 0 saturated carbocycles. The van der Waals surface area contributed by atoms with E-state index in [0.717, 1.165) is 10.8 Å². The Kier molecular flexibility index (Phi) is 3.73. The maximum atomic E-state index is 5.83. The molecule has 2 heteroatoms. The van der Waals surface area contributed by atoms with E-state index in [0.29, 0.717) is 6.10 Å². The van der Waals surface area contributed by atoms with Crippen molar-refractivity contribution in [3.8, 4) is 0 Å². The summed E-state index contributed by atoms with van der Waals surface area (Å²) >= 11 is 1.82. The molecule has 80 valence electrons. The van der Waals surface area contributed by atoms with Crippen LogP contribution in [-0.2, 0) is 4.74 Å². The van der Waals surface area contributed by atoms with Crippen LogP contribution in [0.2, 0.25) is 0 Å². The van der Waals surface area contributed by atoms with Gasteiger partial charge in [0.15, 0.2) is 5.09 Å². The largest absolute Gasteiger partial charge is 0.483 e. The van der Waals surface area contributed by atoms with E-state index in [1.807, 2.05) is 17.8 Å². The van der Waals surface area contributed by atoms with E-state index in [9.17, 15) is 0 Å². The average Bonchev–Trinajstić information content (AvgIpc) is 2.68. The van der Waals surface area contributed by atoms with Gasteiger partial charge in [-0.05, 0) is 18.1 Å². The van der Waals surface area contributed by atoms with Gasteiger partial charge in [0, 0.05) is 5.75 Å². The van der Waals surface area contributed by atoms with Crippen LogP contribution in [0.3, 0.4) is 0 Å². The number of hydrogen-bond donors (Lipinski definition) is 0. The Balaban J connectivity index is 1.98. The van der Waals surface area contributed by atoms with Crippen LogP contribution in [0.1, 0.15) is 25.3 Å². The molecule has 1 aliphatic heterocycles.